The summed E-state index contributed by atoms with van der Waals surface area (Å²) in [5, 5.41) is 5.66. The molecule has 0 aromatic carbocycles. The average Bonchev–Trinajstić information content (AvgIpc) is 2.54. The molecule has 0 radical (unpaired) electrons. The van der Waals surface area contributed by atoms with Crippen molar-refractivity contribution in [1.29, 1.82) is 0 Å². The maximum Gasteiger partial charge on any atom is 0.246 e. The summed E-state index contributed by atoms with van der Waals surface area (Å²) in [6, 6.07) is 0.132. The second-order valence-electron chi connectivity index (χ2n) is 6.80. The SMILES string of the molecule is CC(=O)C1CCC(NC(=O)COCCNC(=O)CCOC(C)C)CC1. The van der Waals surface area contributed by atoms with Crippen molar-refractivity contribution in [3.63, 3.8) is 0 Å². The van der Waals surface area contributed by atoms with Crippen LogP contribution in [0, 0.1) is 5.92 Å². The first-order valence-electron chi connectivity index (χ1n) is 9.14. The monoisotopic (exact) mass is 356 g/mol. The molecule has 7 heteroatoms. The maximum atomic E-state index is 11.8. The lowest BCUT2D eigenvalue weighted by molar-refractivity contribution is -0.126. The molecular formula is C18H32N2O5. The molecule has 2 N–H and O–H groups in total. The summed E-state index contributed by atoms with van der Waals surface area (Å²) in [6.45, 7) is 6.53. The van der Waals surface area contributed by atoms with Crippen LogP contribution in [0.1, 0.15) is 52.9 Å². The van der Waals surface area contributed by atoms with Crippen LogP contribution in [-0.2, 0) is 23.9 Å². The van der Waals surface area contributed by atoms with E-state index in [4.69, 9.17) is 9.47 Å². The van der Waals surface area contributed by atoms with Crippen LogP contribution < -0.4 is 10.6 Å². The third kappa shape index (κ3) is 10.2. The molecule has 0 bridgehead atoms. The van der Waals surface area contributed by atoms with Crippen molar-refractivity contribution in [1.82, 2.24) is 10.6 Å². The molecule has 1 saturated carbocycles. The van der Waals surface area contributed by atoms with E-state index in [0.29, 0.717) is 26.2 Å². The Balaban J connectivity index is 2.00. The fraction of sp³-hybridized carbons (Fsp3) is 0.833. The van der Waals surface area contributed by atoms with Gasteiger partial charge < -0.3 is 20.1 Å². The van der Waals surface area contributed by atoms with E-state index >= 15 is 0 Å². The van der Waals surface area contributed by atoms with Crippen molar-refractivity contribution >= 4 is 17.6 Å². The number of hydrogen-bond donors (Lipinski definition) is 2. The summed E-state index contributed by atoms with van der Waals surface area (Å²) in [6.07, 6.45) is 3.80. The summed E-state index contributed by atoms with van der Waals surface area (Å²) >= 11 is 0. The topological polar surface area (TPSA) is 93.7 Å². The molecule has 7 nitrogen and oxygen atoms in total. The Morgan fingerprint density at radius 1 is 1.04 bits per heavy atom. The zero-order valence-electron chi connectivity index (χ0n) is 15.6. The average molecular weight is 356 g/mol. The van der Waals surface area contributed by atoms with Gasteiger partial charge in [-0.15, -0.1) is 0 Å². The van der Waals surface area contributed by atoms with Gasteiger partial charge in [0.25, 0.3) is 0 Å². The highest BCUT2D eigenvalue weighted by Gasteiger charge is 2.24. The molecule has 0 spiro atoms. The van der Waals surface area contributed by atoms with E-state index in [0.717, 1.165) is 25.7 Å². The maximum absolute atomic E-state index is 11.8. The van der Waals surface area contributed by atoms with Gasteiger partial charge in [0.2, 0.25) is 11.8 Å². The number of ketones is 1. The van der Waals surface area contributed by atoms with E-state index in [1.807, 2.05) is 13.8 Å². The van der Waals surface area contributed by atoms with E-state index < -0.39 is 0 Å². The van der Waals surface area contributed by atoms with Gasteiger partial charge in [-0.2, -0.15) is 0 Å². The molecule has 2 amide bonds. The molecule has 0 aromatic rings. The largest absolute Gasteiger partial charge is 0.378 e. The van der Waals surface area contributed by atoms with Gasteiger partial charge in [0.05, 0.1) is 19.3 Å². The number of rotatable bonds is 11. The van der Waals surface area contributed by atoms with Gasteiger partial charge in [-0.3, -0.25) is 14.4 Å². The lowest BCUT2D eigenvalue weighted by atomic mass is 9.84. The number of carbonyl (C=O) groups excluding carboxylic acids is 3. The van der Waals surface area contributed by atoms with Crippen LogP contribution >= 0.6 is 0 Å². The van der Waals surface area contributed by atoms with E-state index in [9.17, 15) is 14.4 Å². The van der Waals surface area contributed by atoms with Crippen LogP contribution in [0.5, 0.6) is 0 Å². The summed E-state index contributed by atoms with van der Waals surface area (Å²) in [7, 11) is 0. The van der Waals surface area contributed by atoms with E-state index in [-0.39, 0.29) is 42.3 Å². The van der Waals surface area contributed by atoms with Crippen LogP contribution in [0.25, 0.3) is 0 Å². The fourth-order valence-electron chi connectivity index (χ4n) is 2.82. The number of amides is 2. The molecule has 0 atom stereocenters. The van der Waals surface area contributed by atoms with Gasteiger partial charge in [0.15, 0.2) is 0 Å². The van der Waals surface area contributed by atoms with Gasteiger partial charge in [-0.1, -0.05) is 0 Å². The third-order valence-corrected chi connectivity index (χ3v) is 4.25. The Kier molecular flexibility index (Phi) is 10.3. The number of hydrogen-bond acceptors (Lipinski definition) is 5. The summed E-state index contributed by atoms with van der Waals surface area (Å²) in [5.41, 5.74) is 0. The first kappa shape index (κ1) is 21.6. The number of Topliss-reactive ketones (excluding diaryl/α,β-unsaturated/α-hetero) is 1. The van der Waals surface area contributed by atoms with Crippen molar-refractivity contribution in [3.8, 4) is 0 Å². The highest BCUT2D eigenvalue weighted by molar-refractivity contribution is 5.79. The van der Waals surface area contributed by atoms with E-state index in [2.05, 4.69) is 10.6 Å². The summed E-state index contributed by atoms with van der Waals surface area (Å²) in [5.74, 6) is 0.156. The molecular weight excluding hydrogens is 324 g/mol. The van der Waals surface area contributed by atoms with Crippen LogP contribution in [0.15, 0.2) is 0 Å². The number of ether oxygens (including phenoxy) is 2. The Hall–Kier alpha value is -1.47. The minimum Gasteiger partial charge on any atom is -0.378 e. The van der Waals surface area contributed by atoms with Crippen molar-refractivity contribution < 1.29 is 23.9 Å². The van der Waals surface area contributed by atoms with E-state index in [1.165, 1.54) is 0 Å². The molecule has 0 unspecified atom stereocenters. The van der Waals surface area contributed by atoms with Crippen LogP contribution in [-0.4, -0.2) is 56.1 Å². The molecule has 0 saturated heterocycles. The molecule has 0 aromatic heterocycles. The molecule has 1 rings (SSSR count). The first-order chi connectivity index (χ1) is 11.9. The highest BCUT2D eigenvalue weighted by atomic mass is 16.5. The summed E-state index contributed by atoms with van der Waals surface area (Å²) < 4.78 is 10.6. The van der Waals surface area contributed by atoms with Crippen LogP contribution in [0.3, 0.4) is 0 Å². The molecule has 1 fully saturated rings. The molecule has 1 aliphatic rings. The lowest BCUT2D eigenvalue weighted by Gasteiger charge is -2.27. The smallest absolute Gasteiger partial charge is 0.246 e. The van der Waals surface area contributed by atoms with Gasteiger partial charge in [-0.25, -0.2) is 0 Å². The van der Waals surface area contributed by atoms with Gasteiger partial charge >= 0.3 is 0 Å². The van der Waals surface area contributed by atoms with Crippen molar-refractivity contribution in [2.45, 2.75) is 65.0 Å². The quantitative estimate of drug-likeness (QED) is 0.543. The van der Waals surface area contributed by atoms with E-state index in [1.54, 1.807) is 6.92 Å². The molecule has 25 heavy (non-hydrogen) atoms. The van der Waals surface area contributed by atoms with Gasteiger partial charge in [-0.05, 0) is 46.5 Å². The minimum absolute atomic E-state index is 0.0149. The normalized spacial score (nSPS) is 20.3. The van der Waals surface area contributed by atoms with Crippen molar-refractivity contribution in [3.05, 3.63) is 0 Å². The fourth-order valence-corrected chi connectivity index (χ4v) is 2.82. The highest BCUT2D eigenvalue weighted by Crippen LogP contribution is 2.24. The minimum atomic E-state index is -0.150. The molecule has 144 valence electrons. The first-order valence-corrected chi connectivity index (χ1v) is 9.14. The Morgan fingerprint density at radius 2 is 1.72 bits per heavy atom. The van der Waals surface area contributed by atoms with Crippen molar-refractivity contribution in [2.75, 3.05) is 26.4 Å². The predicted molar refractivity (Wildman–Crippen MR) is 94.1 cm³/mol. The zero-order chi connectivity index (χ0) is 18.7. The molecule has 1 aliphatic carbocycles. The van der Waals surface area contributed by atoms with Gasteiger partial charge in [0, 0.05) is 24.9 Å². The predicted octanol–water partition coefficient (Wildman–Crippen LogP) is 1.20. The lowest BCUT2D eigenvalue weighted by Crippen LogP contribution is -2.40. The number of nitrogens with one attached hydrogen (secondary N) is 2. The Bertz CT molecular complexity index is 431. The number of carbonyl (C=O) groups is 3. The standard InChI is InChI=1S/C18H32N2O5/c1-13(2)25-10-8-17(22)19-9-11-24-12-18(23)20-16-6-4-15(5-7-16)14(3)21/h13,15-16H,4-12H2,1-3H3,(H,19,22)(H,20,23). The molecule has 0 aliphatic heterocycles. The van der Waals surface area contributed by atoms with Crippen LogP contribution in [0.4, 0.5) is 0 Å². The van der Waals surface area contributed by atoms with Crippen molar-refractivity contribution in [2.24, 2.45) is 5.92 Å². The third-order valence-electron chi connectivity index (χ3n) is 4.25. The molecule has 0 heterocycles. The Labute approximate surface area is 150 Å². The van der Waals surface area contributed by atoms with Gasteiger partial charge in [0.1, 0.15) is 12.4 Å². The van der Waals surface area contributed by atoms with Crippen LogP contribution in [0.2, 0.25) is 0 Å². The second kappa shape index (κ2) is 12.0. The summed E-state index contributed by atoms with van der Waals surface area (Å²) in [4.78, 5) is 34.7. The zero-order valence-corrected chi connectivity index (χ0v) is 15.6. The second-order valence-corrected chi connectivity index (χ2v) is 6.80. The Morgan fingerprint density at radius 3 is 2.32 bits per heavy atom.